The number of esters is 2. The molecule has 28 heavy (non-hydrogen) atoms. The van der Waals surface area contributed by atoms with Gasteiger partial charge in [-0.1, -0.05) is 47.6 Å². The zero-order valence-electron chi connectivity index (χ0n) is 17.4. The summed E-state index contributed by atoms with van der Waals surface area (Å²) in [6.45, 7) is 11.5. The monoisotopic (exact) mass is 390 g/mol. The molecule has 0 radical (unpaired) electrons. The van der Waals surface area contributed by atoms with E-state index in [2.05, 4.69) is 0 Å². The number of carbonyl (C=O) groups is 3. The van der Waals surface area contributed by atoms with E-state index in [0.717, 1.165) is 0 Å². The van der Waals surface area contributed by atoms with Gasteiger partial charge in [0.15, 0.2) is 11.5 Å². The minimum absolute atomic E-state index is 0.0718. The van der Waals surface area contributed by atoms with Gasteiger partial charge in [0.1, 0.15) is 0 Å². The summed E-state index contributed by atoms with van der Waals surface area (Å²) in [4.78, 5) is 35.6. The van der Waals surface area contributed by atoms with Crippen LogP contribution in [0.15, 0.2) is 23.9 Å². The molecule has 1 rings (SSSR count). The first-order valence-electron chi connectivity index (χ1n) is 8.99. The van der Waals surface area contributed by atoms with Gasteiger partial charge in [0.25, 0.3) is 5.91 Å². The first kappa shape index (κ1) is 23.2. The summed E-state index contributed by atoms with van der Waals surface area (Å²) in [5.74, 6) is -1.49. The van der Waals surface area contributed by atoms with Gasteiger partial charge < -0.3 is 20.9 Å². The van der Waals surface area contributed by atoms with E-state index in [-0.39, 0.29) is 40.9 Å². The van der Waals surface area contributed by atoms with Gasteiger partial charge in [-0.2, -0.15) is 0 Å². The van der Waals surface area contributed by atoms with Crippen molar-refractivity contribution in [3.63, 3.8) is 0 Å². The fourth-order valence-corrected chi connectivity index (χ4v) is 2.21. The number of hydrogen-bond acceptors (Lipinski definition) is 6. The number of benzene rings is 1. The Morgan fingerprint density at radius 3 is 1.75 bits per heavy atom. The Balaban J connectivity index is 3.19. The number of rotatable bonds is 6. The lowest BCUT2D eigenvalue weighted by Gasteiger charge is -2.19. The molecule has 0 fully saturated rings. The molecule has 0 saturated heterocycles. The number of primary amides is 1. The number of carbonyl (C=O) groups excluding carboxylic acids is 3. The first-order valence-corrected chi connectivity index (χ1v) is 8.99. The van der Waals surface area contributed by atoms with Crippen LogP contribution in [0.3, 0.4) is 0 Å². The summed E-state index contributed by atoms with van der Waals surface area (Å²) >= 11 is 0. The van der Waals surface area contributed by atoms with Crippen molar-refractivity contribution in [2.45, 2.75) is 54.4 Å². The zero-order chi connectivity index (χ0) is 21.7. The molecular weight excluding hydrogens is 360 g/mol. The molecule has 0 aliphatic rings. The lowest BCUT2D eigenvalue weighted by atomic mass is 9.92. The van der Waals surface area contributed by atoms with Crippen LogP contribution >= 0.6 is 0 Å². The van der Waals surface area contributed by atoms with Crippen LogP contribution < -0.4 is 20.9 Å². The quantitative estimate of drug-likeness (QED) is 0.437. The largest absolute Gasteiger partial charge is 0.422 e. The molecule has 0 spiro atoms. The lowest BCUT2D eigenvalue weighted by molar-refractivity contribution is -0.139. The third-order valence-electron chi connectivity index (χ3n) is 3.37. The van der Waals surface area contributed by atoms with Crippen molar-refractivity contribution in [2.24, 2.45) is 22.3 Å². The van der Waals surface area contributed by atoms with Gasteiger partial charge in [-0.15, -0.1) is 0 Å². The standard InChI is InChI=1S/C21H30N2O5/c1-20(2,3)11-17(24)27-15-8-7-13(9-14(22)19(23)26)10-16(15)28-18(25)12-21(4,5)6/h7-10H,11-12,22H2,1-6H3,(H2,23,26)/b14-9-. The van der Waals surface area contributed by atoms with E-state index in [9.17, 15) is 14.4 Å². The summed E-state index contributed by atoms with van der Waals surface area (Å²) < 4.78 is 10.8. The molecule has 0 unspecified atom stereocenters. The van der Waals surface area contributed by atoms with Gasteiger partial charge >= 0.3 is 11.9 Å². The second-order valence-electron chi connectivity index (χ2n) is 9.09. The molecule has 1 amide bonds. The van der Waals surface area contributed by atoms with Gasteiger partial charge in [-0.05, 0) is 34.6 Å². The predicted molar refractivity (Wildman–Crippen MR) is 107 cm³/mol. The van der Waals surface area contributed by atoms with Crippen molar-refractivity contribution in [1.29, 1.82) is 0 Å². The van der Waals surface area contributed by atoms with E-state index in [1.807, 2.05) is 41.5 Å². The molecule has 1 aromatic rings. The van der Waals surface area contributed by atoms with E-state index in [0.29, 0.717) is 5.56 Å². The van der Waals surface area contributed by atoms with Crippen LogP contribution in [0.25, 0.3) is 6.08 Å². The van der Waals surface area contributed by atoms with E-state index >= 15 is 0 Å². The lowest BCUT2D eigenvalue weighted by Crippen LogP contribution is -2.20. The Kier molecular flexibility index (Phi) is 7.38. The minimum atomic E-state index is -0.771. The third kappa shape index (κ3) is 8.70. The molecule has 0 aliphatic heterocycles. The van der Waals surface area contributed by atoms with Gasteiger partial charge in [0.05, 0.1) is 18.5 Å². The van der Waals surface area contributed by atoms with Crippen molar-refractivity contribution >= 4 is 23.9 Å². The number of hydrogen-bond donors (Lipinski definition) is 2. The molecule has 7 heteroatoms. The minimum Gasteiger partial charge on any atom is -0.422 e. The normalized spacial score (nSPS) is 12.4. The van der Waals surface area contributed by atoms with Crippen molar-refractivity contribution in [2.75, 3.05) is 0 Å². The second kappa shape index (κ2) is 8.91. The van der Waals surface area contributed by atoms with Crippen LogP contribution in [-0.4, -0.2) is 17.8 Å². The van der Waals surface area contributed by atoms with Crippen molar-refractivity contribution in [3.05, 3.63) is 29.5 Å². The van der Waals surface area contributed by atoms with E-state index in [1.54, 1.807) is 6.07 Å². The molecule has 0 aliphatic carbocycles. The molecule has 1 aromatic carbocycles. The Labute approximate surface area is 166 Å². The molecule has 0 bridgehead atoms. The van der Waals surface area contributed by atoms with E-state index in [4.69, 9.17) is 20.9 Å². The maximum absolute atomic E-state index is 12.3. The zero-order valence-corrected chi connectivity index (χ0v) is 17.4. The van der Waals surface area contributed by atoms with Crippen molar-refractivity contribution in [3.8, 4) is 11.5 Å². The van der Waals surface area contributed by atoms with Gasteiger partial charge in [-0.25, -0.2) is 0 Å². The molecule has 0 heterocycles. The maximum atomic E-state index is 12.3. The van der Waals surface area contributed by atoms with Crippen LogP contribution in [0.4, 0.5) is 0 Å². The van der Waals surface area contributed by atoms with Crippen molar-refractivity contribution in [1.82, 2.24) is 0 Å². The Hall–Kier alpha value is -2.83. The van der Waals surface area contributed by atoms with Crippen LogP contribution in [-0.2, 0) is 14.4 Å². The van der Waals surface area contributed by atoms with Gasteiger partial charge in [0, 0.05) is 0 Å². The Morgan fingerprint density at radius 1 is 0.857 bits per heavy atom. The molecule has 0 aromatic heterocycles. The maximum Gasteiger partial charge on any atom is 0.311 e. The summed E-state index contributed by atoms with van der Waals surface area (Å²) in [7, 11) is 0. The molecule has 0 atom stereocenters. The average molecular weight is 390 g/mol. The number of nitrogens with two attached hydrogens (primary N) is 2. The average Bonchev–Trinajstić information content (AvgIpc) is 2.45. The molecule has 4 N–H and O–H groups in total. The highest BCUT2D eigenvalue weighted by Crippen LogP contribution is 2.32. The molecule has 154 valence electrons. The fourth-order valence-electron chi connectivity index (χ4n) is 2.21. The fraction of sp³-hybridized carbons (Fsp3) is 0.476. The Morgan fingerprint density at radius 2 is 1.32 bits per heavy atom. The second-order valence-corrected chi connectivity index (χ2v) is 9.09. The van der Waals surface area contributed by atoms with Crippen LogP contribution in [0.2, 0.25) is 0 Å². The van der Waals surface area contributed by atoms with E-state index < -0.39 is 17.8 Å². The molecular formula is C21H30N2O5. The SMILES string of the molecule is CC(C)(C)CC(=O)Oc1ccc(/C=C(\N)C(N)=O)cc1OC(=O)CC(C)(C)C. The Bertz CT molecular complexity index is 783. The van der Waals surface area contributed by atoms with Gasteiger partial charge in [0.2, 0.25) is 0 Å². The first-order chi connectivity index (χ1) is 12.7. The smallest absolute Gasteiger partial charge is 0.311 e. The third-order valence-corrected chi connectivity index (χ3v) is 3.37. The summed E-state index contributed by atoms with van der Waals surface area (Å²) in [5, 5.41) is 0. The summed E-state index contributed by atoms with van der Waals surface area (Å²) in [6.07, 6.45) is 1.72. The molecule has 7 nitrogen and oxygen atoms in total. The van der Waals surface area contributed by atoms with Crippen LogP contribution in [0.1, 0.15) is 59.9 Å². The van der Waals surface area contributed by atoms with Crippen LogP contribution in [0, 0.1) is 10.8 Å². The van der Waals surface area contributed by atoms with E-state index in [1.165, 1.54) is 18.2 Å². The topological polar surface area (TPSA) is 122 Å². The summed E-state index contributed by atoms with van der Waals surface area (Å²) in [5.41, 5.74) is 10.5. The number of amides is 1. The highest BCUT2D eigenvalue weighted by Gasteiger charge is 2.22. The number of ether oxygens (including phenoxy) is 2. The van der Waals surface area contributed by atoms with Crippen molar-refractivity contribution < 1.29 is 23.9 Å². The summed E-state index contributed by atoms with van der Waals surface area (Å²) in [6, 6.07) is 4.53. The van der Waals surface area contributed by atoms with Gasteiger partial charge in [-0.3, -0.25) is 14.4 Å². The molecule has 0 saturated carbocycles. The van der Waals surface area contributed by atoms with Crippen LogP contribution in [0.5, 0.6) is 11.5 Å². The highest BCUT2D eigenvalue weighted by atomic mass is 16.6. The highest BCUT2D eigenvalue weighted by molar-refractivity contribution is 5.95. The predicted octanol–water partition coefficient (Wildman–Crippen LogP) is 3.15.